The second-order valence-electron chi connectivity index (χ2n) is 7.65. The highest BCUT2D eigenvalue weighted by Gasteiger charge is 2.49. The molecule has 0 aliphatic carbocycles. The summed E-state index contributed by atoms with van der Waals surface area (Å²) in [5.41, 5.74) is 2.54. The Bertz CT molecular complexity index is 626. The number of carboxylic acid groups (broad SMARTS) is 1. The van der Waals surface area contributed by atoms with Gasteiger partial charge in [-0.05, 0) is 42.7 Å². The van der Waals surface area contributed by atoms with Gasteiger partial charge in [-0.2, -0.15) is 0 Å². The second kappa shape index (κ2) is 7.56. The topological polar surface area (TPSA) is 69.6 Å². The maximum Gasteiger partial charge on any atom is 0.308 e. The van der Waals surface area contributed by atoms with Gasteiger partial charge < -0.3 is 10.4 Å². The third-order valence-corrected chi connectivity index (χ3v) is 5.71. The Kier molecular flexibility index (Phi) is 5.42. The van der Waals surface area contributed by atoms with E-state index < -0.39 is 5.97 Å². The number of fused-ring (bicyclic) bond motifs is 2. The van der Waals surface area contributed by atoms with Gasteiger partial charge in [-0.3, -0.25) is 14.5 Å². The molecule has 3 rings (SSSR count). The van der Waals surface area contributed by atoms with Crippen LogP contribution in [-0.2, 0) is 16.0 Å². The summed E-state index contributed by atoms with van der Waals surface area (Å²) in [5, 5.41) is 12.3. The molecule has 3 atom stereocenters. The lowest BCUT2D eigenvalue weighted by molar-refractivity contribution is -0.143. The van der Waals surface area contributed by atoms with Crippen molar-refractivity contribution in [3.8, 4) is 0 Å². The van der Waals surface area contributed by atoms with Crippen LogP contribution >= 0.6 is 0 Å². The molecule has 2 N–H and O–H groups in total. The number of rotatable bonds is 7. The Hall–Kier alpha value is -1.88. The molecule has 3 unspecified atom stereocenters. The van der Waals surface area contributed by atoms with E-state index in [2.05, 4.69) is 48.3 Å². The zero-order valence-electron chi connectivity index (χ0n) is 15.1. The molecule has 2 saturated heterocycles. The molecule has 2 aliphatic rings. The van der Waals surface area contributed by atoms with Crippen LogP contribution in [0.25, 0.3) is 0 Å². The molecule has 25 heavy (non-hydrogen) atoms. The summed E-state index contributed by atoms with van der Waals surface area (Å²) in [6.45, 7) is 5.29. The van der Waals surface area contributed by atoms with Crippen LogP contribution < -0.4 is 5.32 Å². The van der Waals surface area contributed by atoms with Crippen molar-refractivity contribution in [1.82, 2.24) is 10.2 Å². The number of aliphatic carboxylic acids is 1. The van der Waals surface area contributed by atoms with Crippen LogP contribution in [0.1, 0.15) is 50.2 Å². The lowest BCUT2D eigenvalue weighted by atomic mass is 9.89. The number of benzene rings is 1. The first-order valence-corrected chi connectivity index (χ1v) is 9.29. The molecule has 0 spiro atoms. The van der Waals surface area contributed by atoms with Crippen LogP contribution in [0, 0.1) is 5.92 Å². The third kappa shape index (κ3) is 4.03. The Labute approximate surface area is 149 Å². The van der Waals surface area contributed by atoms with Crippen molar-refractivity contribution >= 4 is 11.9 Å². The second-order valence-corrected chi connectivity index (χ2v) is 7.65. The van der Waals surface area contributed by atoms with Crippen molar-refractivity contribution in [1.29, 1.82) is 0 Å². The summed E-state index contributed by atoms with van der Waals surface area (Å²) in [5.74, 6) is -0.491. The van der Waals surface area contributed by atoms with Crippen LogP contribution in [0.4, 0.5) is 0 Å². The smallest absolute Gasteiger partial charge is 0.308 e. The van der Waals surface area contributed by atoms with Gasteiger partial charge in [0.05, 0.1) is 12.5 Å². The van der Waals surface area contributed by atoms with E-state index in [1.807, 2.05) is 0 Å². The Balaban J connectivity index is 1.44. The summed E-state index contributed by atoms with van der Waals surface area (Å²) in [4.78, 5) is 25.6. The molecule has 1 aromatic carbocycles. The summed E-state index contributed by atoms with van der Waals surface area (Å²) in [7, 11) is 0. The highest BCUT2D eigenvalue weighted by atomic mass is 16.4. The fraction of sp³-hybridized carbons (Fsp3) is 0.600. The number of hydrogen-bond donors (Lipinski definition) is 2. The molecule has 136 valence electrons. The number of nitrogens with one attached hydrogen (secondary N) is 1. The van der Waals surface area contributed by atoms with E-state index in [-0.39, 0.29) is 23.9 Å². The van der Waals surface area contributed by atoms with Gasteiger partial charge in [0.1, 0.15) is 0 Å². The summed E-state index contributed by atoms with van der Waals surface area (Å²) >= 11 is 0. The van der Waals surface area contributed by atoms with Crippen molar-refractivity contribution < 1.29 is 14.7 Å². The molecule has 0 aromatic heterocycles. The predicted octanol–water partition coefficient (Wildman–Crippen LogP) is 2.41. The van der Waals surface area contributed by atoms with Crippen LogP contribution in [0.5, 0.6) is 0 Å². The van der Waals surface area contributed by atoms with Gasteiger partial charge in [0.2, 0.25) is 5.91 Å². The lowest BCUT2D eigenvalue weighted by Crippen LogP contribution is -2.41. The van der Waals surface area contributed by atoms with Gasteiger partial charge in [0.15, 0.2) is 0 Å². The molecular weight excluding hydrogens is 316 g/mol. The number of carboxylic acids is 1. The van der Waals surface area contributed by atoms with E-state index in [1.165, 1.54) is 11.1 Å². The normalized spacial score (nSPS) is 25.5. The van der Waals surface area contributed by atoms with E-state index in [1.54, 1.807) is 0 Å². The highest BCUT2D eigenvalue weighted by Crippen LogP contribution is 2.41. The number of hydrogen-bond acceptors (Lipinski definition) is 3. The Morgan fingerprint density at radius 1 is 1.24 bits per heavy atom. The molecule has 0 radical (unpaired) electrons. The van der Waals surface area contributed by atoms with Gasteiger partial charge in [-0.1, -0.05) is 38.1 Å². The van der Waals surface area contributed by atoms with E-state index in [9.17, 15) is 14.7 Å². The molecule has 2 bridgehead atoms. The van der Waals surface area contributed by atoms with Crippen LogP contribution in [0.2, 0.25) is 0 Å². The summed E-state index contributed by atoms with van der Waals surface area (Å²) in [6, 6.07) is 8.85. The van der Waals surface area contributed by atoms with Crippen molar-refractivity contribution in [2.24, 2.45) is 5.92 Å². The molecule has 5 nitrogen and oxygen atoms in total. The highest BCUT2D eigenvalue weighted by molar-refractivity contribution is 5.78. The largest absolute Gasteiger partial charge is 0.481 e. The van der Waals surface area contributed by atoms with E-state index in [0.29, 0.717) is 25.4 Å². The molecule has 2 fully saturated rings. The third-order valence-electron chi connectivity index (χ3n) is 5.71. The minimum atomic E-state index is -0.720. The number of nitrogens with zero attached hydrogens (tertiary/aromatic N) is 1. The molecule has 2 aliphatic heterocycles. The molecule has 2 heterocycles. The van der Waals surface area contributed by atoms with Gasteiger partial charge in [0.25, 0.3) is 0 Å². The first-order chi connectivity index (χ1) is 12.0. The molecular formula is C20H28N2O3. The first kappa shape index (κ1) is 17.9. The summed E-state index contributed by atoms with van der Waals surface area (Å²) in [6.07, 6.45) is 3.42. The van der Waals surface area contributed by atoms with Gasteiger partial charge in [0, 0.05) is 18.6 Å². The van der Waals surface area contributed by atoms with E-state index >= 15 is 0 Å². The van der Waals surface area contributed by atoms with Gasteiger partial charge >= 0.3 is 5.97 Å². The van der Waals surface area contributed by atoms with E-state index in [0.717, 1.165) is 19.3 Å². The fourth-order valence-electron chi connectivity index (χ4n) is 4.25. The van der Waals surface area contributed by atoms with Crippen molar-refractivity contribution in [3.63, 3.8) is 0 Å². The standard InChI is InChI=1S/C20H28N2O3/c1-13(2)15-5-3-14(4-6-15)9-10-21-19(23)12-22-16-7-8-18(22)17(11-16)20(24)25/h3-6,13,16-18H,7-12H2,1-2H3,(H,21,23)(H,24,25). The SMILES string of the molecule is CC(C)c1ccc(CCNC(=O)CN2C3CCC2C(C(=O)O)C3)cc1. The molecule has 1 aromatic rings. The maximum absolute atomic E-state index is 12.2. The lowest BCUT2D eigenvalue weighted by Gasteiger charge is -2.22. The van der Waals surface area contributed by atoms with Gasteiger partial charge in [-0.15, -0.1) is 0 Å². The Morgan fingerprint density at radius 3 is 2.56 bits per heavy atom. The van der Waals surface area contributed by atoms with Crippen LogP contribution in [0.15, 0.2) is 24.3 Å². The monoisotopic (exact) mass is 344 g/mol. The van der Waals surface area contributed by atoms with Crippen molar-refractivity contribution in [2.75, 3.05) is 13.1 Å². The number of carbonyl (C=O) groups is 2. The first-order valence-electron chi connectivity index (χ1n) is 9.29. The minimum Gasteiger partial charge on any atom is -0.481 e. The predicted molar refractivity (Wildman–Crippen MR) is 96.5 cm³/mol. The van der Waals surface area contributed by atoms with Crippen LogP contribution in [-0.4, -0.2) is 47.1 Å². The maximum atomic E-state index is 12.2. The number of amides is 1. The Morgan fingerprint density at radius 2 is 1.96 bits per heavy atom. The average Bonchev–Trinajstić information content (AvgIpc) is 3.12. The number of carbonyl (C=O) groups excluding carboxylic acids is 1. The van der Waals surface area contributed by atoms with Crippen LogP contribution in [0.3, 0.4) is 0 Å². The molecule has 5 heteroatoms. The fourth-order valence-corrected chi connectivity index (χ4v) is 4.25. The van der Waals surface area contributed by atoms with Gasteiger partial charge in [-0.25, -0.2) is 0 Å². The zero-order chi connectivity index (χ0) is 18.0. The van der Waals surface area contributed by atoms with Crippen molar-refractivity contribution in [2.45, 2.75) is 57.5 Å². The molecule has 0 saturated carbocycles. The van der Waals surface area contributed by atoms with E-state index in [4.69, 9.17) is 0 Å². The molecule has 1 amide bonds. The quantitative estimate of drug-likeness (QED) is 0.797. The average molecular weight is 344 g/mol. The summed E-state index contributed by atoms with van der Waals surface area (Å²) < 4.78 is 0. The van der Waals surface area contributed by atoms with Crippen molar-refractivity contribution in [3.05, 3.63) is 35.4 Å². The zero-order valence-corrected chi connectivity index (χ0v) is 15.1. The minimum absolute atomic E-state index is 0.00161.